The lowest BCUT2D eigenvalue weighted by atomic mass is 10.0. The Hall–Kier alpha value is -3.00. The lowest BCUT2D eigenvalue weighted by molar-refractivity contribution is 0.499. The van der Waals surface area contributed by atoms with Crippen molar-refractivity contribution in [1.29, 1.82) is 5.26 Å². The van der Waals surface area contributed by atoms with Gasteiger partial charge in [0.15, 0.2) is 0 Å². The van der Waals surface area contributed by atoms with Crippen molar-refractivity contribution in [3.8, 4) is 17.5 Å². The molecule has 3 rings (SSSR count). The number of tetrazole rings is 1. The lowest BCUT2D eigenvalue weighted by Crippen LogP contribution is -2.10. The molecule has 0 aliphatic carbocycles. The minimum absolute atomic E-state index is 0.288. The molecule has 0 radical (unpaired) electrons. The van der Waals surface area contributed by atoms with E-state index in [2.05, 4.69) is 21.5 Å². The molecule has 0 spiro atoms. The fourth-order valence-corrected chi connectivity index (χ4v) is 2.09. The van der Waals surface area contributed by atoms with E-state index in [0.717, 1.165) is 11.1 Å². The van der Waals surface area contributed by atoms with Gasteiger partial charge < -0.3 is 0 Å². The second-order valence-corrected chi connectivity index (χ2v) is 4.63. The average molecular weight is 275 g/mol. The predicted molar refractivity (Wildman–Crippen MR) is 78.0 cm³/mol. The van der Waals surface area contributed by atoms with E-state index in [4.69, 9.17) is 0 Å². The van der Waals surface area contributed by atoms with Crippen LogP contribution in [0.1, 0.15) is 11.5 Å². The maximum Gasteiger partial charge on any atom is 0.204 e. The van der Waals surface area contributed by atoms with Gasteiger partial charge in [0.05, 0.1) is 18.5 Å². The summed E-state index contributed by atoms with van der Waals surface area (Å²) in [7, 11) is 0. The predicted octanol–water partition coefficient (Wildman–Crippen LogP) is 2.65. The van der Waals surface area contributed by atoms with Crippen molar-refractivity contribution in [2.24, 2.45) is 0 Å². The maximum atomic E-state index is 9.33. The highest BCUT2D eigenvalue weighted by Gasteiger charge is 2.13. The van der Waals surface area contributed by atoms with Gasteiger partial charge in [0, 0.05) is 5.56 Å². The van der Waals surface area contributed by atoms with Crippen molar-refractivity contribution in [1.82, 2.24) is 20.2 Å². The first kappa shape index (κ1) is 13.0. The quantitative estimate of drug-likeness (QED) is 0.734. The minimum Gasteiger partial charge on any atom is -0.198 e. The zero-order chi connectivity index (χ0) is 14.5. The summed E-state index contributed by atoms with van der Waals surface area (Å²) in [5.74, 6) is 0.282. The number of benzene rings is 2. The molecule has 0 saturated heterocycles. The van der Waals surface area contributed by atoms with Crippen molar-refractivity contribution in [3.63, 3.8) is 0 Å². The van der Waals surface area contributed by atoms with Crippen LogP contribution in [0.3, 0.4) is 0 Å². The van der Waals surface area contributed by atoms with Crippen molar-refractivity contribution < 1.29 is 0 Å². The van der Waals surface area contributed by atoms with E-state index in [1.807, 2.05) is 60.7 Å². The summed E-state index contributed by atoms with van der Waals surface area (Å²) in [5.41, 5.74) is 1.87. The van der Waals surface area contributed by atoms with Gasteiger partial charge in [0.25, 0.3) is 0 Å². The van der Waals surface area contributed by atoms with E-state index in [9.17, 15) is 5.26 Å². The van der Waals surface area contributed by atoms with Crippen molar-refractivity contribution in [3.05, 3.63) is 66.2 Å². The SMILES string of the molecule is N#CC(Cn1nnc(-c2ccccc2)n1)c1ccccc1. The van der Waals surface area contributed by atoms with Gasteiger partial charge >= 0.3 is 0 Å². The van der Waals surface area contributed by atoms with E-state index in [0.29, 0.717) is 12.4 Å². The van der Waals surface area contributed by atoms with Crippen LogP contribution >= 0.6 is 0 Å². The molecule has 2 aromatic carbocycles. The van der Waals surface area contributed by atoms with Crippen LogP contribution in [0.5, 0.6) is 0 Å². The number of hydrogen-bond acceptors (Lipinski definition) is 4. The van der Waals surface area contributed by atoms with Gasteiger partial charge in [0.2, 0.25) is 5.82 Å². The summed E-state index contributed by atoms with van der Waals surface area (Å²) in [6.07, 6.45) is 0. The third kappa shape index (κ3) is 2.95. The molecule has 3 aromatic rings. The molecule has 1 atom stereocenters. The maximum absolute atomic E-state index is 9.33. The van der Waals surface area contributed by atoms with Gasteiger partial charge in [-0.3, -0.25) is 0 Å². The minimum atomic E-state index is -0.288. The Kier molecular flexibility index (Phi) is 3.70. The molecule has 0 amide bonds. The molecule has 0 bridgehead atoms. The van der Waals surface area contributed by atoms with Gasteiger partial charge in [-0.2, -0.15) is 10.1 Å². The van der Waals surface area contributed by atoms with Crippen LogP contribution in [-0.2, 0) is 6.54 Å². The van der Waals surface area contributed by atoms with Crippen molar-refractivity contribution >= 4 is 0 Å². The Morgan fingerprint density at radius 1 is 1.00 bits per heavy atom. The summed E-state index contributed by atoms with van der Waals surface area (Å²) < 4.78 is 0. The Bertz CT molecular complexity index is 743. The second kappa shape index (κ2) is 5.97. The van der Waals surface area contributed by atoms with E-state index in [-0.39, 0.29) is 5.92 Å². The van der Waals surface area contributed by atoms with Crippen LogP contribution in [0, 0.1) is 11.3 Å². The van der Waals surface area contributed by atoms with Gasteiger partial charge in [-0.1, -0.05) is 60.7 Å². The topological polar surface area (TPSA) is 67.4 Å². The highest BCUT2D eigenvalue weighted by Crippen LogP contribution is 2.17. The third-order valence-electron chi connectivity index (χ3n) is 3.19. The summed E-state index contributed by atoms with van der Waals surface area (Å²) in [5, 5.41) is 21.7. The summed E-state index contributed by atoms with van der Waals surface area (Å²) in [6.45, 7) is 0.389. The van der Waals surface area contributed by atoms with Crippen molar-refractivity contribution in [2.75, 3.05) is 0 Å². The Morgan fingerprint density at radius 2 is 1.67 bits per heavy atom. The third-order valence-corrected chi connectivity index (χ3v) is 3.19. The standard InChI is InChI=1S/C16H13N5/c17-11-15(13-7-3-1-4-8-13)12-21-19-16(18-20-21)14-9-5-2-6-10-14/h1-10,15H,12H2. The molecule has 5 heteroatoms. The van der Waals surface area contributed by atoms with Gasteiger partial charge in [0.1, 0.15) is 0 Å². The first-order chi connectivity index (χ1) is 10.4. The second-order valence-electron chi connectivity index (χ2n) is 4.63. The number of hydrogen-bond donors (Lipinski definition) is 0. The monoisotopic (exact) mass is 275 g/mol. The molecular weight excluding hydrogens is 262 g/mol. The van der Waals surface area contributed by atoms with E-state index >= 15 is 0 Å². The lowest BCUT2D eigenvalue weighted by Gasteiger charge is -2.07. The fourth-order valence-electron chi connectivity index (χ4n) is 2.09. The van der Waals surface area contributed by atoms with Gasteiger partial charge in [-0.15, -0.1) is 10.2 Å². The number of nitriles is 1. The number of rotatable bonds is 4. The molecule has 0 N–H and O–H groups in total. The van der Waals surface area contributed by atoms with Crippen LogP contribution in [0.25, 0.3) is 11.4 Å². The Morgan fingerprint density at radius 3 is 2.33 bits per heavy atom. The van der Waals surface area contributed by atoms with Gasteiger partial charge in [-0.25, -0.2) is 0 Å². The van der Waals surface area contributed by atoms with E-state index in [1.54, 1.807) is 0 Å². The molecule has 1 heterocycles. The Labute approximate surface area is 122 Å². The molecule has 0 saturated carbocycles. The van der Waals surface area contributed by atoms with E-state index in [1.165, 1.54) is 4.80 Å². The van der Waals surface area contributed by atoms with Gasteiger partial charge in [-0.05, 0) is 10.8 Å². The average Bonchev–Trinajstić information content (AvgIpc) is 3.03. The molecule has 102 valence electrons. The van der Waals surface area contributed by atoms with Crippen LogP contribution < -0.4 is 0 Å². The number of nitrogens with zero attached hydrogens (tertiary/aromatic N) is 5. The molecule has 0 aliphatic heterocycles. The van der Waals surface area contributed by atoms with Crippen molar-refractivity contribution in [2.45, 2.75) is 12.5 Å². The molecule has 1 aromatic heterocycles. The first-order valence-electron chi connectivity index (χ1n) is 6.64. The molecule has 0 aliphatic rings. The summed E-state index contributed by atoms with van der Waals surface area (Å²) in [4.78, 5) is 1.48. The highest BCUT2D eigenvalue weighted by atomic mass is 15.6. The fraction of sp³-hybridized carbons (Fsp3) is 0.125. The molecule has 0 fully saturated rings. The normalized spacial score (nSPS) is 11.8. The van der Waals surface area contributed by atoms with Crippen LogP contribution in [0.2, 0.25) is 0 Å². The molecule has 21 heavy (non-hydrogen) atoms. The largest absolute Gasteiger partial charge is 0.204 e. The highest BCUT2D eigenvalue weighted by molar-refractivity contribution is 5.52. The molecular formula is C16H13N5. The molecule has 5 nitrogen and oxygen atoms in total. The van der Waals surface area contributed by atoms with Crippen LogP contribution in [-0.4, -0.2) is 20.2 Å². The summed E-state index contributed by atoms with van der Waals surface area (Å²) in [6, 6.07) is 21.6. The summed E-state index contributed by atoms with van der Waals surface area (Å²) >= 11 is 0. The molecule has 1 unspecified atom stereocenters. The Balaban J connectivity index is 1.80. The first-order valence-corrected chi connectivity index (χ1v) is 6.64. The van der Waals surface area contributed by atoms with Crippen LogP contribution in [0.4, 0.5) is 0 Å². The van der Waals surface area contributed by atoms with E-state index < -0.39 is 0 Å². The zero-order valence-electron chi connectivity index (χ0n) is 11.3. The zero-order valence-corrected chi connectivity index (χ0v) is 11.3. The number of aromatic nitrogens is 4. The van der Waals surface area contributed by atoms with Crippen LogP contribution in [0.15, 0.2) is 60.7 Å². The smallest absolute Gasteiger partial charge is 0.198 e.